The van der Waals surface area contributed by atoms with Gasteiger partial charge in [0.2, 0.25) is 5.95 Å². The van der Waals surface area contributed by atoms with Gasteiger partial charge in [-0.3, -0.25) is 14.3 Å². The number of hydrogen-bond donors (Lipinski definition) is 2. The van der Waals surface area contributed by atoms with E-state index in [0.717, 1.165) is 0 Å². The van der Waals surface area contributed by atoms with Gasteiger partial charge in [-0.25, -0.2) is 9.78 Å². The molecule has 4 heterocycles. The molecule has 2 saturated heterocycles. The van der Waals surface area contributed by atoms with E-state index >= 15 is 0 Å². The third-order valence-corrected chi connectivity index (χ3v) is 18.1. The minimum atomic E-state index is -3.05. The van der Waals surface area contributed by atoms with Gasteiger partial charge in [-0.1, -0.05) is 55.4 Å². The summed E-state index contributed by atoms with van der Waals surface area (Å²) in [4.78, 5) is 36.3. The number of methoxy groups -OCH3 is 1. The first-order valence-corrected chi connectivity index (χ1v) is 17.8. The van der Waals surface area contributed by atoms with Crippen molar-refractivity contribution in [3.63, 3.8) is 0 Å². The Hall–Kier alpha value is -2.15. The van der Waals surface area contributed by atoms with Gasteiger partial charge in [-0.05, 0) is 22.2 Å². The predicted molar refractivity (Wildman–Crippen MR) is 152 cm³/mol. The lowest BCUT2D eigenvalue weighted by Gasteiger charge is -2.51. The number of nitrogen functional groups attached to an aromatic ring is 1. The van der Waals surface area contributed by atoms with Crippen LogP contribution in [0.15, 0.2) is 11.1 Å². The van der Waals surface area contributed by atoms with Crippen molar-refractivity contribution >= 4 is 40.2 Å². The second-order valence-corrected chi connectivity index (χ2v) is 20.6. The first kappa shape index (κ1) is 30.8. The van der Waals surface area contributed by atoms with Gasteiger partial charge in [-0.2, -0.15) is 4.98 Å². The number of aromatic nitrogens is 4. The zero-order valence-corrected chi connectivity index (χ0v) is 26.8. The number of anilines is 1. The zero-order chi connectivity index (χ0) is 29.6. The number of nitrogens with zero attached hydrogens (tertiary/aromatic N) is 3. The van der Waals surface area contributed by atoms with Crippen molar-refractivity contribution in [2.45, 2.75) is 102 Å². The number of carbonyl (C=O) groups is 1. The molecule has 40 heavy (non-hydrogen) atoms. The fourth-order valence-electron chi connectivity index (χ4n) is 5.91. The average molecular weight is 598 g/mol. The molecule has 2 aliphatic rings. The van der Waals surface area contributed by atoms with E-state index in [4.69, 9.17) is 32.9 Å². The normalized spacial score (nSPS) is 26.4. The number of aromatic amines is 1. The number of esters is 1. The number of hydrogen-bond acceptors (Lipinski definition) is 11. The Kier molecular flexibility index (Phi) is 8.95. The molecule has 0 spiro atoms. The van der Waals surface area contributed by atoms with Crippen LogP contribution in [0.5, 0.6) is 0 Å². The van der Waals surface area contributed by atoms with Crippen LogP contribution in [0.25, 0.3) is 11.2 Å². The summed E-state index contributed by atoms with van der Waals surface area (Å²) >= 11 is 0. The molecule has 224 valence electrons. The standard InChI is InChI=1S/C25H43N5O8Si2/c1-13(2)39(14(3)4)34-10-17-20(37-40(38-39,15(5)6)16(7)8)21(36-18(31)11-33-9)24(35-17)30-12-27-19-22(30)28-25(26)29-23(19)32/h12-17,20-21,24H,10-11H2,1-9H3,(H3,26,28,29,32). The van der Waals surface area contributed by atoms with Crippen LogP contribution in [0.2, 0.25) is 22.2 Å². The lowest BCUT2D eigenvalue weighted by atomic mass is 10.1. The highest BCUT2D eigenvalue weighted by Crippen LogP contribution is 2.49. The molecule has 3 N–H and O–H groups in total. The molecule has 2 fully saturated rings. The maximum atomic E-state index is 12.8. The average Bonchev–Trinajstić information content (AvgIpc) is 3.39. The lowest BCUT2D eigenvalue weighted by Crippen LogP contribution is -2.66. The van der Waals surface area contributed by atoms with Crippen molar-refractivity contribution in [2.24, 2.45) is 0 Å². The summed E-state index contributed by atoms with van der Waals surface area (Å²) in [5.41, 5.74) is 6.08. The largest absolute Gasteiger partial charge is 0.453 e. The molecule has 13 nitrogen and oxygen atoms in total. The topological polar surface area (TPSA) is 162 Å². The van der Waals surface area contributed by atoms with Crippen molar-refractivity contribution in [2.75, 3.05) is 26.1 Å². The highest BCUT2D eigenvalue weighted by molar-refractivity contribution is 6.84. The molecule has 2 aromatic heterocycles. The second-order valence-electron chi connectivity index (χ2n) is 11.8. The van der Waals surface area contributed by atoms with Gasteiger partial charge in [-0.15, -0.1) is 0 Å². The molecule has 0 radical (unpaired) electrons. The summed E-state index contributed by atoms with van der Waals surface area (Å²) in [7, 11) is -4.45. The number of H-pyrrole nitrogens is 1. The van der Waals surface area contributed by atoms with Crippen LogP contribution in [0.1, 0.15) is 61.6 Å². The number of nitrogens with two attached hydrogens (primary N) is 1. The van der Waals surface area contributed by atoms with Gasteiger partial charge in [0.1, 0.15) is 18.8 Å². The van der Waals surface area contributed by atoms with Crippen molar-refractivity contribution < 1.29 is 32.0 Å². The molecule has 4 atom stereocenters. The first-order chi connectivity index (χ1) is 18.8. The Morgan fingerprint density at radius 2 is 1.75 bits per heavy atom. The fourth-order valence-corrected chi connectivity index (χ4v) is 17.1. The molecule has 0 bridgehead atoms. The van der Waals surface area contributed by atoms with Gasteiger partial charge >= 0.3 is 23.1 Å². The van der Waals surface area contributed by atoms with Crippen LogP contribution in [0, 0.1) is 0 Å². The summed E-state index contributed by atoms with van der Waals surface area (Å²) in [5.74, 6) is -0.654. The monoisotopic (exact) mass is 597 g/mol. The maximum Gasteiger partial charge on any atom is 0.335 e. The molecule has 4 rings (SSSR count). The Labute approximate surface area is 236 Å². The van der Waals surface area contributed by atoms with Gasteiger partial charge in [0.05, 0.1) is 12.9 Å². The minimum Gasteiger partial charge on any atom is -0.453 e. The van der Waals surface area contributed by atoms with E-state index in [2.05, 4.69) is 70.3 Å². The third-order valence-electron chi connectivity index (χ3n) is 7.87. The fraction of sp³-hybridized carbons (Fsp3) is 0.760. The Morgan fingerprint density at radius 1 is 1.12 bits per heavy atom. The second kappa shape index (κ2) is 11.6. The number of rotatable bonds is 8. The number of carbonyl (C=O) groups excluding carboxylic acids is 1. The molecular formula is C25H43N5O8Si2. The minimum absolute atomic E-state index is 0.0581. The van der Waals surface area contributed by atoms with Crippen LogP contribution in [-0.2, 0) is 32.0 Å². The van der Waals surface area contributed by atoms with Gasteiger partial charge < -0.3 is 32.9 Å². The number of ether oxygens (including phenoxy) is 3. The zero-order valence-electron chi connectivity index (χ0n) is 24.8. The van der Waals surface area contributed by atoms with E-state index in [-0.39, 0.29) is 52.5 Å². The molecule has 0 amide bonds. The number of nitrogens with one attached hydrogen (secondary N) is 1. The number of imidazole rings is 1. The molecule has 0 aliphatic carbocycles. The first-order valence-electron chi connectivity index (χ1n) is 13.9. The smallest absolute Gasteiger partial charge is 0.335 e. The van der Waals surface area contributed by atoms with E-state index in [1.165, 1.54) is 13.4 Å². The highest BCUT2D eigenvalue weighted by atomic mass is 28.5. The van der Waals surface area contributed by atoms with Crippen LogP contribution in [0.3, 0.4) is 0 Å². The van der Waals surface area contributed by atoms with E-state index in [9.17, 15) is 9.59 Å². The summed E-state index contributed by atoms with van der Waals surface area (Å²) in [6, 6.07) is 0. The summed E-state index contributed by atoms with van der Waals surface area (Å²) in [6.45, 7) is 17.0. The third kappa shape index (κ3) is 5.28. The van der Waals surface area contributed by atoms with E-state index in [1.807, 2.05) is 0 Å². The van der Waals surface area contributed by atoms with Crippen molar-refractivity contribution in [1.82, 2.24) is 19.5 Å². The van der Waals surface area contributed by atoms with E-state index in [1.54, 1.807) is 4.57 Å². The van der Waals surface area contributed by atoms with Gasteiger partial charge in [0, 0.05) is 7.11 Å². The molecule has 0 aromatic carbocycles. The van der Waals surface area contributed by atoms with E-state index < -0.39 is 53.2 Å². The summed E-state index contributed by atoms with van der Waals surface area (Å²) < 4.78 is 40.4. The van der Waals surface area contributed by atoms with E-state index in [0.29, 0.717) is 0 Å². The molecule has 2 aliphatic heterocycles. The van der Waals surface area contributed by atoms with Crippen molar-refractivity contribution in [3.05, 3.63) is 16.7 Å². The molecular weight excluding hydrogens is 554 g/mol. The van der Waals surface area contributed by atoms with Crippen LogP contribution in [0.4, 0.5) is 5.95 Å². The maximum absolute atomic E-state index is 12.8. The molecule has 15 heteroatoms. The predicted octanol–water partition coefficient (Wildman–Crippen LogP) is 3.11. The van der Waals surface area contributed by atoms with Gasteiger partial charge in [0.15, 0.2) is 23.5 Å². The molecule has 2 aromatic rings. The quantitative estimate of drug-likeness (QED) is 0.340. The van der Waals surface area contributed by atoms with Crippen LogP contribution < -0.4 is 11.3 Å². The highest BCUT2D eigenvalue weighted by Gasteiger charge is 2.62. The van der Waals surface area contributed by atoms with Crippen LogP contribution >= 0.6 is 0 Å². The Balaban J connectivity index is 1.87. The molecule has 0 saturated carbocycles. The van der Waals surface area contributed by atoms with Crippen molar-refractivity contribution in [3.8, 4) is 0 Å². The summed E-state index contributed by atoms with van der Waals surface area (Å²) in [6.07, 6.45) is -1.74. The van der Waals surface area contributed by atoms with Gasteiger partial charge in [0.25, 0.3) is 5.56 Å². The Morgan fingerprint density at radius 3 is 2.33 bits per heavy atom. The lowest BCUT2D eigenvalue weighted by molar-refractivity contribution is -0.162. The van der Waals surface area contributed by atoms with Crippen LogP contribution in [-0.4, -0.2) is 81.2 Å². The summed E-state index contributed by atoms with van der Waals surface area (Å²) in [5, 5.41) is 0. The number of fused-ring (bicyclic) bond motifs is 2. The molecule has 4 unspecified atom stereocenters. The Bertz CT molecular complexity index is 1250. The SMILES string of the molecule is COCC(=O)OC1C2O[Si](C(C)C)(C(C)C)O[Si](C(C)C)(C(C)C)OCC2OC1n1cnc2c(=O)[nH]c(N)nc21. The van der Waals surface area contributed by atoms with Crippen molar-refractivity contribution in [1.29, 1.82) is 0 Å².